The van der Waals surface area contributed by atoms with E-state index in [4.69, 9.17) is 9.47 Å². The van der Waals surface area contributed by atoms with Gasteiger partial charge in [-0.05, 0) is 140 Å². The molecule has 0 amide bonds. The molecule has 0 atom stereocenters. The van der Waals surface area contributed by atoms with Crippen LogP contribution in [0.15, 0.2) is 84.9 Å². The zero-order chi connectivity index (χ0) is 28.7. The van der Waals surface area contributed by atoms with Crippen molar-refractivity contribution < 1.29 is 9.47 Å². The van der Waals surface area contributed by atoms with E-state index >= 15 is 0 Å². The van der Waals surface area contributed by atoms with Crippen molar-refractivity contribution in [1.82, 2.24) is 0 Å². The number of hydrogen-bond donors (Lipinski definition) is 0. The van der Waals surface area contributed by atoms with Crippen LogP contribution in [-0.2, 0) is 22.3 Å². The molecule has 0 unspecified atom stereocenters. The lowest BCUT2D eigenvalue weighted by Crippen LogP contribution is -2.02. The topological polar surface area (TPSA) is 18.5 Å². The molecule has 0 radical (unpaired) electrons. The fraction of sp³-hybridized carbons (Fsp3) is 0.350. The van der Waals surface area contributed by atoms with Crippen molar-refractivity contribution in [2.45, 2.75) is 65.2 Å². The van der Waals surface area contributed by atoms with Gasteiger partial charge in [-0.25, -0.2) is 0 Å². The van der Waals surface area contributed by atoms with Crippen molar-refractivity contribution in [3.8, 4) is 0 Å². The minimum absolute atomic E-state index is 0.811. The Hall–Kier alpha value is -3.46. The van der Waals surface area contributed by atoms with Gasteiger partial charge in [0.1, 0.15) is 0 Å². The Morgan fingerprint density at radius 1 is 0.405 bits per heavy atom. The van der Waals surface area contributed by atoms with E-state index in [0.29, 0.717) is 0 Å². The molecule has 0 aliphatic heterocycles. The van der Waals surface area contributed by atoms with Crippen molar-refractivity contribution in [2.24, 2.45) is 0 Å². The molecule has 0 N–H and O–H groups in total. The number of unbranched alkanes of at least 4 members (excludes halogenated alkanes) is 2. The Kier molecular flexibility index (Phi) is 9.33. The van der Waals surface area contributed by atoms with E-state index in [9.17, 15) is 0 Å². The highest BCUT2D eigenvalue weighted by Crippen LogP contribution is 2.39. The summed E-state index contributed by atoms with van der Waals surface area (Å²) in [5.74, 6) is 0. The molecule has 0 fully saturated rings. The summed E-state index contributed by atoms with van der Waals surface area (Å²) < 4.78 is 12.0. The molecular weight excluding hydrogens is 512 g/mol. The van der Waals surface area contributed by atoms with Crippen molar-refractivity contribution >= 4 is 53.9 Å². The third-order valence-electron chi connectivity index (χ3n) is 8.74. The highest BCUT2D eigenvalue weighted by atomic mass is 16.5. The van der Waals surface area contributed by atoms with Crippen LogP contribution in [0.1, 0.15) is 63.5 Å². The van der Waals surface area contributed by atoms with Crippen LogP contribution in [0.4, 0.5) is 0 Å². The average molecular weight is 557 g/mol. The first-order valence-corrected chi connectivity index (χ1v) is 16.1. The number of benzene rings is 6. The molecule has 0 saturated heterocycles. The van der Waals surface area contributed by atoms with E-state index in [-0.39, 0.29) is 0 Å². The van der Waals surface area contributed by atoms with Gasteiger partial charge >= 0.3 is 0 Å². The summed E-state index contributed by atoms with van der Waals surface area (Å²) in [5, 5.41) is 13.4. The van der Waals surface area contributed by atoms with Crippen molar-refractivity contribution in [3.63, 3.8) is 0 Å². The molecule has 0 aromatic heterocycles. The Labute approximate surface area is 250 Å². The van der Waals surface area contributed by atoms with Crippen LogP contribution < -0.4 is 0 Å². The van der Waals surface area contributed by atoms with Crippen LogP contribution >= 0.6 is 0 Å². The highest BCUT2D eigenvalue weighted by molar-refractivity contribution is 6.14. The molecular formula is C40H44O2. The monoisotopic (exact) mass is 556 g/mol. The quantitative estimate of drug-likeness (QED) is 0.0981. The molecule has 0 aliphatic carbocycles. The lowest BCUT2D eigenvalue weighted by Gasteiger charge is -2.18. The number of ether oxygens (including phenoxy) is 2. The number of hydrogen-bond acceptors (Lipinski definition) is 2. The number of fused-ring (bicyclic) bond motifs is 5. The Balaban J connectivity index is 1.52. The maximum atomic E-state index is 6.01. The van der Waals surface area contributed by atoms with E-state index < -0.39 is 0 Å². The molecule has 0 heterocycles. The van der Waals surface area contributed by atoms with Crippen molar-refractivity contribution in [1.29, 1.82) is 0 Å². The molecule has 2 nitrogen and oxygen atoms in total. The Morgan fingerprint density at radius 3 is 1.17 bits per heavy atom. The highest BCUT2D eigenvalue weighted by Gasteiger charge is 2.16. The van der Waals surface area contributed by atoms with E-state index in [1.54, 1.807) is 0 Å². The first-order chi connectivity index (χ1) is 20.8. The molecule has 42 heavy (non-hydrogen) atoms. The van der Waals surface area contributed by atoms with Gasteiger partial charge < -0.3 is 9.47 Å². The molecule has 2 heteroatoms. The first-order valence-electron chi connectivity index (χ1n) is 16.1. The number of aryl methyl sites for hydroxylation is 2. The summed E-state index contributed by atoms with van der Waals surface area (Å²) in [5.41, 5.74) is 2.92. The van der Waals surface area contributed by atoms with Crippen LogP contribution in [0.5, 0.6) is 0 Å². The van der Waals surface area contributed by atoms with Crippen LogP contribution in [0.3, 0.4) is 0 Å². The van der Waals surface area contributed by atoms with Crippen LogP contribution in [0.2, 0.25) is 0 Å². The maximum absolute atomic E-state index is 6.01. The summed E-state index contributed by atoms with van der Waals surface area (Å²) >= 11 is 0. The summed E-state index contributed by atoms with van der Waals surface area (Å²) in [6.07, 6.45) is 8.70. The van der Waals surface area contributed by atoms with Gasteiger partial charge in [0, 0.05) is 26.4 Å². The van der Waals surface area contributed by atoms with Gasteiger partial charge in [0.05, 0.1) is 0 Å². The lowest BCUT2D eigenvalue weighted by atomic mass is 9.86. The predicted molar refractivity (Wildman–Crippen MR) is 182 cm³/mol. The largest absolute Gasteiger partial charge is 0.381 e. The zero-order valence-corrected chi connectivity index (χ0v) is 25.4. The van der Waals surface area contributed by atoms with E-state index in [1.165, 1.54) is 77.8 Å². The fourth-order valence-electron chi connectivity index (χ4n) is 6.47. The third-order valence-corrected chi connectivity index (χ3v) is 8.74. The number of rotatable bonds is 14. The summed E-state index contributed by atoms with van der Waals surface area (Å²) in [6.45, 7) is 7.78. The first kappa shape index (κ1) is 28.6. The van der Waals surface area contributed by atoms with Gasteiger partial charge in [0.15, 0.2) is 0 Å². The van der Waals surface area contributed by atoms with Gasteiger partial charge in [-0.3, -0.25) is 0 Å². The molecule has 6 aromatic carbocycles. The minimum Gasteiger partial charge on any atom is -0.381 e. The summed E-state index contributed by atoms with van der Waals surface area (Å²) in [6, 6.07) is 32.1. The van der Waals surface area contributed by atoms with E-state index in [1.807, 2.05) is 0 Å². The fourth-order valence-corrected chi connectivity index (χ4v) is 6.47. The lowest BCUT2D eigenvalue weighted by molar-refractivity contribution is 0.129. The molecule has 0 bridgehead atoms. The molecule has 0 spiro atoms. The van der Waals surface area contributed by atoms with Gasteiger partial charge in [0.2, 0.25) is 0 Å². The standard InChI is InChI=1S/C40H44O2/c1-3-5-19-41-21-11-17-35-37-25-31-15-9-7-13-29(31)23-33(37)28-40-36(18-12-22-42-20-6-4-2)38-26-32-16-10-8-14-30(32)24-34(38)27-39(35)40/h7-10,13-16,23-28H,3-6,11-12,17-22H2,1-2H3. The second-order valence-corrected chi connectivity index (χ2v) is 11.8. The van der Waals surface area contributed by atoms with Gasteiger partial charge in [-0.1, -0.05) is 75.2 Å². The average Bonchev–Trinajstić information content (AvgIpc) is 3.02. The minimum atomic E-state index is 0.811. The third kappa shape index (κ3) is 6.16. The Morgan fingerprint density at radius 2 is 0.762 bits per heavy atom. The van der Waals surface area contributed by atoms with Crippen LogP contribution in [-0.4, -0.2) is 26.4 Å². The maximum Gasteiger partial charge on any atom is 0.0469 e. The predicted octanol–water partition coefficient (Wildman–Crippen LogP) is 11.0. The zero-order valence-electron chi connectivity index (χ0n) is 25.4. The molecule has 216 valence electrons. The normalized spacial score (nSPS) is 12.0. The van der Waals surface area contributed by atoms with Gasteiger partial charge in [-0.2, -0.15) is 0 Å². The second-order valence-electron chi connectivity index (χ2n) is 11.8. The summed E-state index contributed by atoms with van der Waals surface area (Å²) in [4.78, 5) is 0. The second kappa shape index (κ2) is 13.7. The van der Waals surface area contributed by atoms with Crippen LogP contribution in [0, 0.1) is 0 Å². The van der Waals surface area contributed by atoms with E-state index in [0.717, 1.165) is 65.0 Å². The van der Waals surface area contributed by atoms with Crippen molar-refractivity contribution in [2.75, 3.05) is 26.4 Å². The molecule has 6 rings (SSSR count). The molecule has 0 aliphatic rings. The van der Waals surface area contributed by atoms with Gasteiger partial charge in [0.25, 0.3) is 0 Å². The smallest absolute Gasteiger partial charge is 0.0469 e. The SMILES string of the molecule is CCCCOCCCc1c2cc3ccccc3cc2cc2c(CCCOCCCC)c3cc4ccccc4cc3cc12. The van der Waals surface area contributed by atoms with E-state index in [2.05, 4.69) is 98.8 Å². The van der Waals surface area contributed by atoms with Crippen LogP contribution in [0.25, 0.3) is 53.9 Å². The van der Waals surface area contributed by atoms with Gasteiger partial charge in [-0.15, -0.1) is 0 Å². The Bertz CT molecular complexity index is 1680. The molecule has 0 saturated carbocycles. The van der Waals surface area contributed by atoms with Crippen molar-refractivity contribution in [3.05, 3.63) is 96.1 Å². The summed E-state index contributed by atoms with van der Waals surface area (Å²) in [7, 11) is 0. The molecule has 6 aromatic rings.